The largest absolute Gasteiger partial charge is 0.393 e. The van der Waals surface area contributed by atoms with Gasteiger partial charge < -0.3 is 10.0 Å². The van der Waals surface area contributed by atoms with E-state index in [0.717, 1.165) is 19.5 Å². The fraction of sp³-hybridized carbons (Fsp3) is 0.625. The first-order valence-electron chi connectivity index (χ1n) is 6.84. The van der Waals surface area contributed by atoms with Crippen LogP contribution in [0.4, 0.5) is 5.69 Å². The molecule has 2 heteroatoms. The monoisotopic (exact) mass is 249 g/mol. The molecule has 0 bridgehead atoms. The van der Waals surface area contributed by atoms with E-state index < -0.39 is 0 Å². The highest BCUT2D eigenvalue weighted by molar-refractivity contribution is 5.48. The molecule has 2 nitrogen and oxygen atoms in total. The molecule has 0 aliphatic carbocycles. The molecule has 1 aromatic rings. The first-order chi connectivity index (χ1) is 8.34. The van der Waals surface area contributed by atoms with Crippen molar-refractivity contribution in [2.24, 2.45) is 5.41 Å². The van der Waals surface area contributed by atoms with Crippen LogP contribution in [0.1, 0.15) is 39.7 Å². The van der Waals surface area contributed by atoms with E-state index >= 15 is 0 Å². The number of aliphatic hydroxyl groups is 1. The SMILES string of the molecule is CCN(CCC(O)C(C)(C)C)c1cccc(C)c1. The van der Waals surface area contributed by atoms with Gasteiger partial charge in [0.1, 0.15) is 0 Å². The van der Waals surface area contributed by atoms with Gasteiger partial charge in [-0.3, -0.25) is 0 Å². The Morgan fingerprint density at radius 3 is 2.44 bits per heavy atom. The van der Waals surface area contributed by atoms with Crippen LogP contribution in [-0.2, 0) is 0 Å². The molecule has 0 heterocycles. The minimum absolute atomic E-state index is 0.0357. The number of anilines is 1. The molecule has 1 N–H and O–H groups in total. The van der Waals surface area contributed by atoms with Crippen molar-refractivity contribution < 1.29 is 5.11 Å². The molecule has 0 aromatic heterocycles. The Balaban J connectivity index is 2.63. The second-order valence-electron chi connectivity index (χ2n) is 6.09. The Bertz CT molecular complexity index is 368. The van der Waals surface area contributed by atoms with Gasteiger partial charge in [-0.25, -0.2) is 0 Å². The van der Waals surface area contributed by atoms with Crippen LogP contribution in [0.3, 0.4) is 0 Å². The standard InChI is InChI=1S/C16H27NO/c1-6-17(11-10-15(18)16(3,4)5)14-9-7-8-13(2)12-14/h7-9,12,15,18H,6,10-11H2,1-5H3. The molecule has 1 atom stereocenters. The Morgan fingerprint density at radius 2 is 1.94 bits per heavy atom. The average molecular weight is 249 g/mol. The first-order valence-corrected chi connectivity index (χ1v) is 6.84. The number of benzene rings is 1. The lowest BCUT2D eigenvalue weighted by atomic mass is 9.87. The number of rotatable bonds is 5. The highest BCUT2D eigenvalue weighted by Crippen LogP contribution is 2.23. The summed E-state index contributed by atoms with van der Waals surface area (Å²) in [6, 6.07) is 8.54. The Labute approximate surface area is 112 Å². The van der Waals surface area contributed by atoms with Crippen molar-refractivity contribution >= 4 is 5.69 Å². The van der Waals surface area contributed by atoms with Crippen molar-refractivity contribution in [3.8, 4) is 0 Å². The number of aliphatic hydroxyl groups excluding tert-OH is 1. The van der Waals surface area contributed by atoms with Crippen LogP contribution in [0.25, 0.3) is 0 Å². The lowest BCUT2D eigenvalue weighted by Gasteiger charge is -2.30. The first kappa shape index (κ1) is 15.0. The van der Waals surface area contributed by atoms with Gasteiger partial charge in [0.25, 0.3) is 0 Å². The van der Waals surface area contributed by atoms with Crippen LogP contribution in [0, 0.1) is 12.3 Å². The van der Waals surface area contributed by atoms with E-state index in [-0.39, 0.29) is 11.5 Å². The van der Waals surface area contributed by atoms with E-state index in [0.29, 0.717) is 0 Å². The van der Waals surface area contributed by atoms with Gasteiger partial charge in [0.15, 0.2) is 0 Å². The number of aryl methyl sites for hydroxylation is 1. The number of nitrogens with zero attached hydrogens (tertiary/aromatic N) is 1. The van der Waals surface area contributed by atoms with E-state index in [9.17, 15) is 5.11 Å². The van der Waals surface area contributed by atoms with Gasteiger partial charge in [-0.1, -0.05) is 32.9 Å². The molecule has 1 rings (SSSR count). The molecule has 0 fully saturated rings. The van der Waals surface area contributed by atoms with Gasteiger partial charge in [0.05, 0.1) is 6.10 Å². The number of hydrogen-bond donors (Lipinski definition) is 1. The molecule has 0 amide bonds. The normalized spacial score (nSPS) is 13.4. The van der Waals surface area contributed by atoms with Crippen molar-refractivity contribution in [2.45, 2.75) is 47.1 Å². The van der Waals surface area contributed by atoms with E-state index in [1.54, 1.807) is 0 Å². The lowest BCUT2D eigenvalue weighted by molar-refractivity contribution is 0.0574. The highest BCUT2D eigenvalue weighted by Gasteiger charge is 2.22. The summed E-state index contributed by atoms with van der Waals surface area (Å²) in [5, 5.41) is 10.1. The van der Waals surface area contributed by atoms with E-state index in [1.807, 2.05) is 0 Å². The van der Waals surface area contributed by atoms with Crippen LogP contribution in [0.5, 0.6) is 0 Å². The fourth-order valence-corrected chi connectivity index (χ4v) is 2.01. The van der Waals surface area contributed by atoms with Crippen molar-refractivity contribution in [1.82, 2.24) is 0 Å². The molecule has 18 heavy (non-hydrogen) atoms. The summed E-state index contributed by atoms with van der Waals surface area (Å²) in [4.78, 5) is 2.32. The van der Waals surface area contributed by atoms with Crippen LogP contribution >= 0.6 is 0 Å². The summed E-state index contributed by atoms with van der Waals surface area (Å²) in [6.45, 7) is 12.4. The lowest BCUT2D eigenvalue weighted by Crippen LogP contribution is -2.32. The maximum atomic E-state index is 10.1. The third-order valence-electron chi connectivity index (χ3n) is 3.42. The zero-order chi connectivity index (χ0) is 13.8. The Kier molecular flexibility index (Phi) is 5.21. The van der Waals surface area contributed by atoms with Crippen LogP contribution in [-0.4, -0.2) is 24.3 Å². The smallest absolute Gasteiger partial charge is 0.0605 e. The molecular weight excluding hydrogens is 222 g/mol. The second-order valence-corrected chi connectivity index (χ2v) is 6.09. The topological polar surface area (TPSA) is 23.5 Å². The Hall–Kier alpha value is -1.02. The second kappa shape index (κ2) is 6.24. The van der Waals surface area contributed by atoms with Gasteiger partial charge >= 0.3 is 0 Å². The van der Waals surface area contributed by atoms with Crippen LogP contribution in [0.2, 0.25) is 0 Å². The summed E-state index contributed by atoms with van der Waals surface area (Å²) < 4.78 is 0. The fourth-order valence-electron chi connectivity index (χ4n) is 2.01. The summed E-state index contributed by atoms with van der Waals surface area (Å²) in [5.74, 6) is 0. The molecule has 1 aromatic carbocycles. The van der Waals surface area contributed by atoms with Gasteiger partial charge in [-0.2, -0.15) is 0 Å². The highest BCUT2D eigenvalue weighted by atomic mass is 16.3. The van der Waals surface area contributed by atoms with Crippen molar-refractivity contribution in [3.63, 3.8) is 0 Å². The van der Waals surface area contributed by atoms with Crippen LogP contribution in [0.15, 0.2) is 24.3 Å². The van der Waals surface area contributed by atoms with Crippen molar-refractivity contribution in [1.29, 1.82) is 0 Å². The molecule has 0 aliphatic heterocycles. The summed E-state index contributed by atoms with van der Waals surface area (Å²) in [6.07, 6.45) is 0.557. The summed E-state index contributed by atoms with van der Waals surface area (Å²) >= 11 is 0. The molecule has 0 aliphatic rings. The average Bonchev–Trinajstić information content (AvgIpc) is 2.28. The van der Waals surface area contributed by atoms with Gasteiger partial charge in [-0.05, 0) is 43.4 Å². The maximum Gasteiger partial charge on any atom is 0.0605 e. The molecule has 0 saturated heterocycles. The molecule has 0 spiro atoms. The predicted molar refractivity (Wildman–Crippen MR) is 79.1 cm³/mol. The summed E-state index contributed by atoms with van der Waals surface area (Å²) in [5.41, 5.74) is 2.49. The third kappa shape index (κ3) is 4.34. The maximum absolute atomic E-state index is 10.1. The van der Waals surface area contributed by atoms with E-state index in [2.05, 4.69) is 63.8 Å². The zero-order valence-electron chi connectivity index (χ0n) is 12.4. The number of hydrogen-bond acceptors (Lipinski definition) is 2. The zero-order valence-corrected chi connectivity index (χ0v) is 12.4. The van der Waals surface area contributed by atoms with Crippen LogP contribution < -0.4 is 4.90 Å². The molecule has 0 saturated carbocycles. The third-order valence-corrected chi connectivity index (χ3v) is 3.42. The molecule has 102 valence electrons. The van der Waals surface area contributed by atoms with E-state index in [1.165, 1.54) is 11.3 Å². The minimum Gasteiger partial charge on any atom is -0.393 e. The molecular formula is C16H27NO. The van der Waals surface area contributed by atoms with E-state index in [4.69, 9.17) is 0 Å². The quantitative estimate of drug-likeness (QED) is 0.861. The predicted octanol–water partition coefficient (Wildman–Crippen LogP) is 3.62. The van der Waals surface area contributed by atoms with Crippen molar-refractivity contribution in [2.75, 3.05) is 18.0 Å². The van der Waals surface area contributed by atoms with Gasteiger partial charge in [-0.15, -0.1) is 0 Å². The Morgan fingerprint density at radius 1 is 1.28 bits per heavy atom. The molecule has 1 unspecified atom stereocenters. The van der Waals surface area contributed by atoms with Gasteiger partial charge in [0, 0.05) is 18.8 Å². The molecule has 0 radical (unpaired) electrons. The minimum atomic E-state index is -0.253. The van der Waals surface area contributed by atoms with Gasteiger partial charge in [0.2, 0.25) is 0 Å². The van der Waals surface area contributed by atoms with Crippen molar-refractivity contribution in [3.05, 3.63) is 29.8 Å². The summed E-state index contributed by atoms with van der Waals surface area (Å²) in [7, 11) is 0.